The number of likely N-dealkylation sites (tertiary alicyclic amines) is 2. The number of aliphatic hydroxyl groups is 5. The van der Waals surface area contributed by atoms with Crippen LogP contribution < -0.4 is 31.9 Å². The number of hydrogen-bond donors (Lipinski definition) is 11. The van der Waals surface area contributed by atoms with Crippen molar-refractivity contribution in [1.29, 1.82) is 0 Å². The largest absolute Gasteiger partial charge is 0.445 e. The minimum Gasteiger partial charge on any atom is -0.445 e. The zero-order valence-corrected chi connectivity index (χ0v) is 60.4. The van der Waals surface area contributed by atoms with Crippen molar-refractivity contribution < 1.29 is 103 Å². The fourth-order valence-corrected chi connectivity index (χ4v) is 12.7. The molecule has 101 heavy (non-hydrogen) atoms. The summed E-state index contributed by atoms with van der Waals surface area (Å²) in [6.07, 6.45) is -12.3. The molecule has 18 atom stereocenters. The summed E-state index contributed by atoms with van der Waals surface area (Å²) < 4.78 is 36.5. The summed E-state index contributed by atoms with van der Waals surface area (Å²) in [5.74, 6) is -8.98. The van der Waals surface area contributed by atoms with Crippen LogP contribution in [0.25, 0.3) is 0 Å². The lowest BCUT2D eigenvalue weighted by Gasteiger charge is -2.41. The normalized spacial score (nSPS) is 22.7. The van der Waals surface area contributed by atoms with Crippen LogP contribution in [0.4, 0.5) is 10.5 Å². The number of methoxy groups -OCH3 is 2. The molecule has 0 saturated carbocycles. The van der Waals surface area contributed by atoms with E-state index in [0.29, 0.717) is 41.8 Å². The minimum atomic E-state index is -1.88. The Hall–Kier alpha value is -7.75. The maximum Gasteiger partial charge on any atom is 0.410 e. The van der Waals surface area contributed by atoms with E-state index in [9.17, 15) is 78.3 Å². The molecular formula is C70H108N10O21. The number of likely N-dealkylation sites (N-methyl/N-ethyl adjacent to an activating group) is 2. The van der Waals surface area contributed by atoms with Gasteiger partial charge in [-0.25, -0.2) is 4.79 Å². The summed E-state index contributed by atoms with van der Waals surface area (Å²) in [6.45, 7) is 15.2. The lowest BCUT2D eigenvalue weighted by Crippen LogP contribution is -2.60. The van der Waals surface area contributed by atoms with Crippen molar-refractivity contribution >= 4 is 70.9 Å². The molecule has 0 aromatic heterocycles. The lowest BCUT2D eigenvalue weighted by molar-refractivity contribution is -0.301. The fraction of sp³-hybridized carbons (Fsp3) is 0.671. The van der Waals surface area contributed by atoms with Crippen LogP contribution in [0.15, 0.2) is 54.6 Å². The molecule has 31 nitrogen and oxygen atoms in total. The van der Waals surface area contributed by atoms with Crippen LogP contribution in [0, 0.1) is 29.6 Å². The van der Waals surface area contributed by atoms with Crippen LogP contribution in [-0.2, 0) is 78.2 Å². The van der Waals surface area contributed by atoms with Gasteiger partial charge in [-0.15, -0.1) is 0 Å². The summed E-state index contributed by atoms with van der Waals surface area (Å²) in [5.41, 5.74) is 1.23. The maximum absolute atomic E-state index is 14.9. The first kappa shape index (κ1) is 82.2. The first-order valence-electron chi connectivity index (χ1n) is 35.0. The van der Waals surface area contributed by atoms with Crippen molar-refractivity contribution in [1.82, 2.24) is 46.2 Å². The summed E-state index contributed by atoms with van der Waals surface area (Å²) >= 11 is 0. The Morgan fingerprint density at radius 3 is 1.97 bits per heavy atom. The molecule has 3 fully saturated rings. The molecule has 2 aromatic rings. The third-order valence-corrected chi connectivity index (χ3v) is 18.8. The highest BCUT2D eigenvalue weighted by atomic mass is 16.7. The second-order valence-corrected chi connectivity index (χ2v) is 27.2. The number of ether oxygens (including phenoxy) is 5. The van der Waals surface area contributed by atoms with Gasteiger partial charge < -0.3 is 90.9 Å². The van der Waals surface area contributed by atoms with Gasteiger partial charge in [0.2, 0.25) is 59.1 Å². The number of aliphatic hydroxyl groups excluding tert-OH is 5. The van der Waals surface area contributed by atoms with Gasteiger partial charge in [0.05, 0.1) is 62.0 Å². The van der Waals surface area contributed by atoms with E-state index in [1.54, 1.807) is 91.6 Å². The second-order valence-electron chi connectivity index (χ2n) is 27.2. The van der Waals surface area contributed by atoms with Crippen molar-refractivity contribution in [2.24, 2.45) is 29.6 Å². The van der Waals surface area contributed by atoms with E-state index < -0.39 is 194 Å². The fourth-order valence-electron chi connectivity index (χ4n) is 12.7. The molecule has 0 aliphatic carbocycles. The predicted octanol–water partition coefficient (Wildman–Crippen LogP) is 0.615. The Morgan fingerprint density at radius 2 is 1.40 bits per heavy atom. The Balaban J connectivity index is 1.21. The Bertz CT molecular complexity index is 3150. The average molecular weight is 1430 g/mol. The molecule has 31 heteroatoms. The molecule has 11 amide bonds. The van der Waals surface area contributed by atoms with Gasteiger partial charge in [0.25, 0.3) is 0 Å². The minimum absolute atomic E-state index is 0.121. The highest BCUT2D eigenvalue weighted by Crippen LogP contribution is 2.31. The van der Waals surface area contributed by atoms with E-state index >= 15 is 0 Å². The van der Waals surface area contributed by atoms with Crippen molar-refractivity contribution in [3.8, 4) is 0 Å². The third kappa shape index (κ3) is 22.9. The Labute approximate surface area is 592 Å². The van der Waals surface area contributed by atoms with Crippen LogP contribution in [0.2, 0.25) is 0 Å². The summed E-state index contributed by atoms with van der Waals surface area (Å²) in [4.78, 5) is 154. The molecule has 0 bridgehead atoms. The van der Waals surface area contributed by atoms with E-state index in [1.165, 1.54) is 50.4 Å². The number of benzene rings is 2. The summed E-state index contributed by atoms with van der Waals surface area (Å²) in [7, 11) is 5.97. The van der Waals surface area contributed by atoms with Gasteiger partial charge in [-0.3, -0.25) is 57.7 Å². The van der Waals surface area contributed by atoms with Gasteiger partial charge in [-0.2, -0.15) is 0 Å². The number of carbonyl (C=O) groups is 11. The molecule has 564 valence electrons. The van der Waals surface area contributed by atoms with Gasteiger partial charge in [-0.05, 0) is 66.7 Å². The second kappa shape index (κ2) is 39.6. The van der Waals surface area contributed by atoms with Crippen LogP contribution in [0.3, 0.4) is 0 Å². The van der Waals surface area contributed by atoms with Crippen molar-refractivity contribution in [2.45, 2.75) is 212 Å². The molecular weight excluding hydrogens is 1320 g/mol. The number of nitrogens with one attached hydrogen (secondary N) is 6. The van der Waals surface area contributed by atoms with Crippen LogP contribution in [-0.4, -0.2) is 257 Å². The molecule has 11 N–H and O–H groups in total. The number of rotatable bonds is 37. The quantitative estimate of drug-likeness (QED) is 0.0413. The maximum atomic E-state index is 14.9. The molecule has 3 aliphatic rings. The Kier molecular flexibility index (Phi) is 32.2. The molecule has 1 unspecified atom stereocenters. The third-order valence-electron chi connectivity index (χ3n) is 18.8. The number of imide groups is 1. The van der Waals surface area contributed by atoms with Gasteiger partial charge in [0, 0.05) is 67.7 Å². The molecule has 2 aromatic carbocycles. The van der Waals surface area contributed by atoms with Crippen LogP contribution in [0.5, 0.6) is 0 Å². The number of carbonyl (C=O) groups excluding carboxylic acids is 11. The molecule has 0 spiro atoms. The lowest BCUT2D eigenvalue weighted by atomic mass is 9.89. The van der Waals surface area contributed by atoms with Crippen molar-refractivity contribution in [2.75, 3.05) is 66.5 Å². The van der Waals surface area contributed by atoms with Crippen LogP contribution >= 0.6 is 0 Å². The zero-order valence-electron chi connectivity index (χ0n) is 61.4. The van der Waals surface area contributed by atoms with Gasteiger partial charge in [-0.1, -0.05) is 111 Å². The molecule has 3 saturated heterocycles. The Morgan fingerprint density at radius 1 is 0.743 bits per heavy atom. The summed E-state index contributed by atoms with van der Waals surface area (Å²) in [6, 6.07) is 7.98. The standard InChI is InChI=1S/C70H108N10O21/c1-15-40(8)58(48(97-13)32-54(86)79-31-19-22-47(79)63(98-14)41(9)64(91)72-42(10)59(87)44-20-17-16-18-21-44)77(11)68(95)56(38(4)5)76-67(94)57(39(6)7)78(12)70(96)100-35-43-23-25-45(26-24-43)73-65(92)46(36-99-69-62(90)61(89)60(88)49(34-81)101-69)74-66(93)55(37(2)3)75-50(82)29-30-71-51(83)33-80-52(84)27-28-53(80)85/h16-18,20-21,23-26,37-42,46-49,55-63,69,81,87-90H,15,19,22,27-36H2,1-14H3,(H,71,83)(H,72,91)(H,73,92)(H,74,93)(H,75,82)(H,76,94)/t40-,41+,42+,46-,47-,48+,49+,55-,56-,57-,58-,59+,60+,61-,62+,63+,69+/m0/s1/i27T/t27?,40-,41+,42+,46-,47-,48+,49+,55-,56-,57-,58-,59+,60+,61-,62+,63+,69+. The number of nitrogens with zero attached hydrogens (tertiary/aromatic N) is 4. The first-order valence-corrected chi connectivity index (χ1v) is 34.4. The monoisotopic (exact) mass is 1430 g/mol. The molecule has 5 rings (SSSR count). The van der Waals surface area contributed by atoms with Crippen molar-refractivity contribution in [3.05, 3.63) is 65.7 Å². The zero-order chi connectivity index (χ0) is 76.1. The number of amides is 11. The first-order chi connectivity index (χ1) is 48.1. The van der Waals surface area contributed by atoms with E-state index in [1.807, 2.05) is 19.9 Å². The average Bonchev–Trinajstić information content (AvgIpc) is 1.20. The van der Waals surface area contributed by atoms with E-state index in [0.717, 1.165) is 4.90 Å². The van der Waals surface area contributed by atoms with E-state index in [2.05, 4.69) is 31.9 Å². The predicted molar refractivity (Wildman–Crippen MR) is 366 cm³/mol. The highest BCUT2D eigenvalue weighted by molar-refractivity contribution is 6.04. The molecule has 3 aliphatic heterocycles. The SMILES string of the molecule is [3H]C1CC(=O)N(CC(=O)NCCC(=O)N[C@H](C(=O)N[C@@H](CO[C@@H]2O[C@H](CO)[C@@H](O)[C@H](O)[C@H]2O)C(=O)Nc2ccc(COC(=O)N(C)[C@H](C(=O)N[C@H](C(=O)N(C)[C@@H]([C@@H](C)CC)[C@@H](CC(=O)N3CCC[C@H]3[C@H](OC)[C@@H](C)C(=O)N[C@H](C)[C@@H](O)c3ccccc3)OC)C(C)C)C(C)C)cc2)C(C)C)C1=O. The smallest absolute Gasteiger partial charge is 0.410 e. The van der Waals surface area contributed by atoms with Crippen LogP contribution in [0.1, 0.15) is 133 Å². The molecule has 3 heterocycles. The van der Waals surface area contributed by atoms with Gasteiger partial charge in [0.1, 0.15) is 61.7 Å². The van der Waals surface area contributed by atoms with E-state index in [4.69, 9.17) is 25.1 Å². The van der Waals surface area contributed by atoms with E-state index in [-0.39, 0.29) is 55.8 Å². The summed E-state index contributed by atoms with van der Waals surface area (Å²) in [5, 5.41) is 68.1. The molecule has 0 radical (unpaired) electrons. The topological polar surface area (TPSA) is 420 Å². The number of anilines is 1. The highest BCUT2D eigenvalue weighted by Gasteiger charge is 2.47. The number of hydrogen-bond acceptors (Lipinski definition) is 21. The van der Waals surface area contributed by atoms with Crippen molar-refractivity contribution in [3.63, 3.8) is 0 Å². The van der Waals surface area contributed by atoms with Gasteiger partial charge in [0.15, 0.2) is 6.29 Å². The van der Waals surface area contributed by atoms with Gasteiger partial charge >= 0.3 is 6.09 Å².